The summed E-state index contributed by atoms with van der Waals surface area (Å²) < 4.78 is 10.7. The van der Waals surface area contributed by atoms with Crippen LogP contribution in [-0.2, 0) is 22.6 Å². The summed E-state index contributed by atoms with van der Waals surface area (Å²) in [5.41, 5.74) is 2.98. The maximum atomic E-state index is 13.0. The molecule has 8 heteroatoms. The van der Waals surface area contributed by atoms with Crippen LogP contribution in [0.25, 0.3) is 0 Å². The SMILES string of the molecule is CCC(C)[C@H](NC(=O)[C@@H]1Cc2ccccc2CN1)C(=O)Nc1ccc2c(c1)OCO2.Cl. The molecule has 2 heterocycles. The predicted octanol–water partition coefficient (Wildman–Crippen LogP) is 3.02. The van der Waals surface area contributed by atoms with Crippen LogP contribution in [-0.4, -0.2) is 30.7 Å². The van der Waals surface area contributed by atoms with Crippen molar-refractivity contribution in [3.63, 3.8) is 0 Å². The second-order valence-corrected chi connectivity index (χ2v) is 7.84. The van der Waals surface area contributed by atoms with Crippen molar-refractivity contribution < 1.29 is 19.1 Å². The average Bonchev–Trinajstić information content (AvgIpc) is 3.24. The second-order valence-electron chi connectivity index (χ2n) is 7.84. The summed E-state index contributed by atoms with van der Waals surface area (Å²) in [4.78, 5) is 26.0. The molecule has 3 atom stereocenters. The second kappa shape index (κ2) is 10.0. The van der Waals surface area contributed by atoms with Gasteiger partial charge in [-0.25, -0.2) is 0 Å². The van der Waals surface area contributed by atoms with Gasteiger partial charge in [-0.1, -0.05) is 44.5 Å². The highest BCUT2D eigenvalue weighted by Crippen LogP contribution is 2.34. The zero-order valence-corrected chi connectivity index (χ0v) is 18.5. The Kier molecular flexibility index (Phi) is 7.41. The minimum Gasteiger partial charge on any atom is -0.454 e. The molecule has 3 N–H and O–H groups in total. The summed E-state index contributed by atoms with van der Waals surface area (Å²) in [6.45, 7) is 4.79. The highest BCUT2D eigenvalue weighted by molar-refractivity contribution is 5.98. The Morgan fingerprint density at radius 1 is 1.13 bits per heavy atom. The molecule has 0 radical (unpaired) electrons. The Labute approximate surface area is 188 Å². The first-order valence-corrected chi connectivity index (χ1v) is 10.4. The fourth-order valence-electron chi connectivity index (χ4n) is 3.79. The van der Waals surface area contributed by atoms with Crippen molar-refractivity contribution in [3.05, 3.63) is 53.6 Å². The molecule has 0 aliphatic carbocycles. The van der Waals surface area contributed by atoms with Crippen molar-refractivity contribution in [2.75, 3.05) is 12.1 Å². The van der Waals surface area contributed by atoms with Gasteiger partial charge in [-0.3, -0.25) is 9.59 Å². The lowest BCUT2D eigenvalue weighted by Gasteiger charge is -2.29. The molecule has 7 nitrogen and oxygen atoms in total. The Bertz CT molecular complexity index is 952. The number of carbonyl (C=O) groups is 2. The molecular weight excluding hydrogens is 418 g/mol. The van der Waals surface area contributed by atoms with E-state index in [4.69, 9.17) is 9.47 Å². The molecule has 2 aromatic carbocycles. The number of benzene rings is 2. The Morgan fingerprint density at radius 3 is 2.65 bits per heavy atom. The van der Waals surface area contributed by atoms with Crippen LogP contribution in [0.3, 0.4) is 0 Å². The van der Waals surface area contributed by atoms with Crippen LogP contribution >= 0.6 is 12.4 Å². The molecule has 4 rings (SSSR count). The van der Waals surface area contributed by atoms with Crippen LogP contribution in [0, 0.1) is 5.92 Å². The molecule has 0 spiro atoms. The highest BCUT2D eigenvalue weighted by atomic mass is 35.5. The van der Waals surface area contributed by atoms with E-state index >= 15 is 0 Å². The minimum atomic E-state index is -0.633. The van der Waals surface area contributed by atoms with E-state index in [1.807, 2.05) is 26.0 Å². The average molecular weight is 446 g/mol. The van der Waals surface area contributed by atoms with Crippen LogP contribution in [0.5, 0.6) is 11.5 Å². The molecule has 2 aliphatic heterocycles. The number of carbonyl (C=O) groups excluding carboxylic acids is 2. The fourth-order valence-corrected chi connectivity index (χ4v) is 3.79. The van der Waals surface area contributed by atoms with Gasteiger partial charge in [0.05, 0.1) is 6.04 Å². The summed E-state index contributed by atoms with van der Waals surface area (Å²) >= 11 is 0. The topological polar surface area (TPSA) is 88.7 Å². The van der Waals surface area contributed by atoms with Crippen LogP contribution in [0.15, 0.2) is 42.5 Å². The van der Waals surface area contributed by atoms with Gasteiger partial charge in [-0.05, 0) is 35.6 Å². The van der Waals surface area contributed by atoms with E-state index in [0.717, 1.165) is 6.42 Å². The molecule has 0 bridgehead atoms. The van der Waals surface area contributed by atoms with Gasteiger partial charge in [0.25, 0.3) is 0 Å². The van der Waals surface area contributed by atoms with Gasteiger partial charge in [0.15, 0.2) is 11.5 Å². The summed E-state index contributed by atoms with van der Waals surface area (Å²) in [6, 6.07) is 12.4. The van der Waals surface area contributed by atoms with Gasteiger partial charge < -0.3 is 25.4 Å². The number of halogens is 1. The number of amides is 2. The van der Waals surface area contributed by atoms with Crippen molar-refractivity contribution in [1.29, 1.82) is 0 Å². The molecular formula is C23H28ClN3O4. The molecule has 0 saturated heterocycles. The van der Waals surface area contributed by atoms with Gasteiger partial charge >= 0.3 is 0 Å². The molecule has 2 aromatic rings. The zero-order valence-electron chi connectivity index (χ0n) is 17.6. The summed E-state index contributed by atoms with van der Waals surface area (Å²) in [6.07, 6.45) is 1.37. The number of anilines is 1. The van der Waals surface area contributed by atoms with E-state index in [9.17, 15) is 9.59 Å². The van der Waals surface area contributed by atoms with Crippen LogP contribution < -0.4 is 25.4 Å². The van der Waals surface area contributed by atoms with Gasteiger partial charge in [0.2, 0.25) is 18.6 Å². The molecule has 1 unspecified atom stereocenters. The largest absolute Gasteiger partial charge is 0.454 e. The maximum absolute atomic E-state index is 13.0. The van der Waals surface area contributed by atoms with Gasteiger partial charge in [-0.2, -0.15) is 0 Å². The first-order valence-electron chi connectivity index (χ1n) is 10.4. The minimum absolute atomic E-state index is 0. The van der Waals surface area contributed by atoms with Crippen molar-refractivity contribution in [1.82, 2.24) is 10.6 Å². The van der Waals surface area contributed by atoms with E-state index in [0.29, 0.717) is 30.2 Å². The zero-order chi connectivity index (χ0) is 21.1. The molecule has 0 fully saturated rings. The molecule has 0 saturated carbocycles. The van der Waals surface area contributed by atoms with Crippen molar-refractivity contribution in [3.8, 4) is 11.5 Å². The lowest BCUT2D eigenvalue weighted by molar-refractivity contribution is -0.129. The maximum Gasteiger partial charge on any atom is 0.247 e. The molecule has 2 aliphatic rings. The van der Waals surface area contributed by atoms with Gasteiger partial charge in [-0.15, -0.1) is 12.4 Å². The predicted molar refractivity (Wildman–Crippen MR) is 121 cm³/mol. The normalized spacial score (nSPS) is 18.2. The third kappa shape index (κ3) is 5.11. The number of hydrogen-bond acceptors (Lipinski definition) is 5. The van der Waals surface area contributed by atoms with E-state index in [1.165, 1.54) is 11.1 Å². The summed E-state index contributed by atoms with van der Waals surface area (Å²) in [5.74, 6) is 0.840. The first kappa shape index (κ1) is 22.9. The number of nitrogens with one attached hydrogen (secondary N) is 3. The Hall–Kier alpha value is -2.77. The van der Waals surface area contributed by atoms with Crippen LogP contribution in [0.4, 0.5) is 5.69 Å². The van der Waals surface area contributed by atoms with E-state index in [-0.39, 0.29) is 43.0 Å². The number of hydrogen-bond donors (Lipinski definition) is 3. The van der Waals surface area contributed by atoms with E-state index in [1.54, 1.807) is 18.2 Å². The van der Waals surface area contributed by atoms with Crippen molar-refractivity contribution in [2.45, 2.75) is 45.3 Å². The van der Waals surface area contributed by atoms with E-state index < -0.39 is 6.04 Å². The molecule has 31 heavy (non-hydrogen) atoms. The van der Waals surface area contributed by atoms with Gasteiger partial charge in [0.1, 0.15) is 6.04 Å². The third-order valence-corrected chi connectivity index (χ3v) is 5.83. The Morgan fingerprint density at radius 2 is 1.87 bits per heavy atom. The lowest BCUT2D eigenvalue weighted by Crippen LogP contribution is -2.55. The molecule has 2 amide bonds. The van der Waals surface area contributed by atoms with Gasteiger partial charge in [0, 0.05) is 18.3 Å². The summed E-state index contributed by atoms with van der Waals surface area (Å²) in [5, 5.41) is 9.15. The molecule has 0 aromatic heterocycles. The number of fused-ring (bicyclic) bond motifs is 2. The fraction of sp³-hybridized carbons (Fsp3) is 0.391. The van der Waals surface area contributed by atoms with Crippen LogP contribution in [0.1, 0.15) is 31.4 Å². The first-order chi connectivity index (χ1) is 14.5. The lowest BCUT2D eigenvalue weighted by atomic mass is 9.94. The monoisotopic (exact) mass is 445 g/mol. The number of rotatable bonds is 6. The van der Waals surface area contributed by atoms with Crippen LogP contribution in [0.2, 0.25) is 0 Å². The van der Waals surface area contributed by atoms with E-state index in [2.05, 4.69) is 28.1 Å². The highest BCUT2D eigenvalue weighted by Gasteiger charge is 2.31. The Balaban J connectivity index is 0.00000272. The third-order valence-electron chi connectivity index (χ3n) is 5.83. The van der Waals surface area contributed by atoms with Crippen molar-refractivity contribution in [2.24, 2.45) is 5.92 Å². The summed E-state index contributed by atoms with van der Waals surface area (Å²) in [7, 11) is 0. The quantitative estimate of drug-likeness (QED) is 0.636. The number of ether oxygens (including phenoxy) is 2. The van der Waals surface area contributed by atoms with Crippen molar-refractivity contribution >= 4 is 29.9 Å². The molecule has 166 valence electrons. The smallest absolute Gasteiger partial charge is 0.247 e. The standard InChI is InChI=1S/C23H27N3O4.ClH/c1-3-14(2)21(23(28)25-17-8-9-19-20(11-17)30-13-29-19)26-22(27)18-10-15-6-4-5-7-16(15)12-24-18;/h4-9,11,14,18,21,24H,3,10,12-13H2,1-2H3,(H,25,28)(H,26,27);1H/t14?,18-,21-;/m0./s1.